The molecule has 85 valence electrons. The zero-order chi connectivity index (χ0) is 11.4. The highest BCUT2D eigenvalue weighted by Gasteiger charge is 2.21. The van der Waals surface area contributed by atoms with Crippen LogP contribution in [0, 0.1) is 5.92 Å². The first-order valence-electron chi connectivity index (χ1n) is 6.21. The Morgan fingerprint density at radius 2 is 2.00 bits per heavy atom. The Balaban J connectivity index is 2.01. The van der Waals surface area contributed by atoms with Crippen molar-refractivity contribution < 1.29 is 0 Å². The summed E-state index contributed by atoms with van der Waals surface area (Å²) in [4.78, 5) is 0. The predicted molar refractivity (Wildman–Crippen MR) is 68.1 cm³/mol. The molecule has 1 aliphatic heterocycles. The summed E-state index contributed by atoms with van der Waals surface area (Å²) in [6, 6.07) is 8.24. The van der Waals surface area contributed by atoms with Crippen LogP contribution >= 0.6 is 0 Å². The van der Waals surface area contributed by atoms with Crippen molar-refractivity contribution in [2.75, 3.05) is 0 Å². The molecule has 1 aromatic carbocycles. The number of unbranched alkanes of at least 4 members (excludes halogenated alkanes) is 2. The van der Waals surface area contributed by atoms with Crippen molar-refractivity contribution in [2.24, 2.45) is 11.0 Å². The smallest absolute Gasteiger partial charge is 0.0948 e. The van der Waals surface area contributed by atoms with Gasteiger partial charge < -0.3 is 0 Å². The van der Waals surface area contributed by atoms with Crippen LogP contribution in [0.25, 0.3) is 0 Å². The second-order valence-electron chi connectivity index (χ2n) is 4.50. The van der Waals surface area contributed by atoms with Crippen LogP contribution in [0.5, 0.6) is 0 Å². The lowest BCUT2D eigenvalue weighted by Gasteiger charge is -2.10. The summed E-state index contributed by atoms with van der Waals surface area (Å²) in [5.41, 5.74) is 7.65. The number of hydrogen-bond donors (Lipinski definition) is 0. The standard InChI is InChI=1S/C14H19N2/c1-3-4-5-8-11(2)14-12-9-6-7-10-13(12)15-16-14/h6-7,9-11H,3-5,8H2,1-2H3. The molecule has 2 heteroatoms. The lowest BCUT2D eigenvalue weighted by atomic mass is 9.93. The van der Waals surface area contributed by atoms with Crippen LogP contribution in [-0.4, -0.2) is 5.71 Å². The van der Waals surface area contributed by atoms with E-state index in [-0.39, 0.29) is 0 Å². The quantitative estimate of drug-likeness (QED) is 0.667. The van der Waals surface area contributed by atoms with E-state index in [0.29, 0.717) is 5.92 Å². The summed E-state index contributed by atoms with van der Waals surface area (Å²) in [5, 5.41) is 4.32. The van der Waals surface area contributed by atoms with Crippen molar-refractivity contribution >= 4 is 11.4 Å². The zero-order valence-corrected chi connectivity index (χ0v) is 10.1. The summed E-state index contributed by atoms with van der Waals surface area (Å²) < 4.78 is 0. The van der Waals surface area contributed by atoms with E-state index in [9.17, 15) is 0 Å². The molecule has 2 nitrogen and oxygen atoms in total. The number of hydrogen-bond acceptors (Lipinski definition) is 1. The molecule has 1 radical (unpaired) electrons. The number of benzene rings is 1. The van der Waals surface area contributed by atoms with Crippen LogP contribution in [0.3, 0.4) is 0 Å². The Morgan fingerprint density at radius 1 is 1.19 bits per heavy atom. The molecule has 0 fully saturated rings. The molecule has 1 aromatic rings. The van der Waals surface area contributed by atoms with Gasteiger partial charge in [0.25, 0.3) is 0 Å². The Bertz CT molecular complexity index is 382. The van der Waals surface area contributed by atoms with Gasteiger partial charge in [0.1, 0.15) is 0 Å². The van der Waals surface area contributed by atoms with Gasteiger partial charge in [-0.2, -0.15) is 10.5 Å². The van der Waals surface area contributed by atoms with Gasteiger partial charge in [-0.3, -0.25) is 0 Å². The third-order valence-corrected chi connectivity index (χ3v) is 3.15. The summed E-state index contributed by atoms with van der Waals surface area (Å²) in [5.74, 6) is 0.527. The first kappa shape index (κ1) is 11.2. The summed E-state index contributed by atoms with van der Waals surface area (Å²) in [6.45, 7) is 4.49. The number of rotatable bonds is 5. The van der Waals surface area contributed by atoms with E-state index in [1.54, 1.807) is 0 Å². The van der Waals surface area contributed by atoms with Gasteiger partial charge in [-0.25, -0.2) is 0 Å². The third-order valence-electron chi connectivity index (χ3n) is 3.15. The van der Waals surface area contributed by atoms with Crippen molar-refractivity contribution in [1.29, 1.82) is 0 Å². The van der Waals surface area contributed by atoms with E-state index in [1.807, 2.05) is 12.1 Å². The van der Waals surface area contributed by atoms with E-state index in [2.05, 4.69) is 36.5 Å². The first-order chi connectivity index (χ1) is 7.83. The maximum absolute atomic E-state index is 4.32. The van der Waals surface area contributed by atoms with Gasteiger partial charge in [-0.05, 0) is 12.5 Å². The predicted octanol–water partition coefficient (Wildman–Crippen LogP) is 3.86. The van der Waals surface area contributed by atoms with Crippen LogP contribution < -0.4 is 5.43 Å². The molecule has 0 spiro atoms. The third kappa shape index (κ3) is 2.26. The van der Waals surface area contributed by atoms with Crippen molar-refractivity contribution in [1.82, 2.24) is 5.43 Å². The minimum Gasteiger partial charge on any atom is -0.154 e. The minimum atomic E-state index is 0.527. The van der Waals surface area contributed by atoms with Gasteiger partial charge in [0.15, 0.2) is 0 Å². The topological polar surface area (TPSA) is 26.5 Å². The summed E-state index contributed by atoms with van der Waals surface area (Å²) >= 11 is 0. The van der Waals surface area contributed by atoms with Crippen LogP contribution in [0.4, 0.5) is 5.69 Å². The van der Waals surface area contributed by atoms with E-state index in [0.717, 1.165) is 5.69 Å². The van der Waals surface area contributed by atoms with Gasteiger partial charge in [0.05, 0.1) is 11.4 Å². The summed E-state index contributed by atoms with van der Waals surface area (Å²) in [6.07, 6.45) is 5.10. The molecular formula is C14H19N2. The number of fused-ring (bicyclic) bond motifs is 1. The Labute approximate surface area is 97.8 Å². The highest BCUT2D eigenvalue weighted by atomic mass is 15.3. The maximum atomic E-state index is 4.32. The molecule has 0 saturated carbocycles. The molecule has 1 unspecified atom stereocenters. The molecule has 1 atom stereocenters. The Hall–Kier alpha value is -1.31. The fourth-order valence-electron chi connectivity index (χ4n) is 2.14. The molecule has 0 saturated heterocycles. The lowest BCUT2D eigenvalue weighted by molar-refractivity contribution is 0.597. The molecule has 2 rings (SSSR count). The minimum absolute atomic E-state index is 0.527. The van der Waals surface area contributed by atoms with Crippen LogP contribution in [-0.2, 0) is 0 Å². The average molecular weight is 215 g/mol. The molecule has 1 heterocycles. The second-order valence-corrected chi connectivity index (χ2v) is 4.50. The molecule has 16 heavy (non-hydrogen) atoms. The monoisotopic (exact) mass is 215 g/mol. The first-order valence-corrected chi connectivity index (χ1v) is 6.21. The molecular weight excluding hydrogens is 196 g/mol. The average Bonchev–Trinajstić information content (AvgIpc) is 2.73. The fourth-order valence-corrected chi connectivity index (χ4v) is 2.14. The SMILES string of the molecule is CCCCCC(C)C1=N[N]c2ccccc21. The van der Waals surface area contributed by atoms with Gasteiger partial charge >= 0.3 is 0 Å². The van der Waals surface area contributed by atoms with Crippen LogP contribution in [0.1, 0.15) is 45.1 Å². The summed E-state index contributed by atoms with van der Waals surface area (Å²) in [7, 11) is 0. The van der Waals surface area contributed by atoms with Gasteiger partial charge in [-0.1, -0.05) is 51.3 Å². The maximum Gasteiger partial charge on any atom is 0.0948 e. The van der Waals surface area contributed by atoms with Gasteiger partial charge in [-0.15, -0.1) is 0 Å². The molecule has 1 aliphatic rings. The van der Waals surface area contributed by atoms with Crippen LogP contribution in [0.2, 0.25) is 0 Å². The van der Waals surface area contributed by atoms with Crippen LogP contribution in [0.15, 0.2) is 29.4 Å². The van der Waals surface area contributed by atoms with E-state index >= 15 is 0 Å². The Kier molecular flexibility index (Phi) is 3.60. The molecule has 0 aliphatic carbocycles. The highest BCUT2D eigenvalue weighted by Crippen LogP contribution is 2.27. The molecule has 0 bridgehead atoms. The fraction of sp³-hybridized carbons (Fsp3) is 0.500. The van der Waals surface area contributed by atoms with Crippen molar-refractivity contribution in [2.45, 2.75) is 39.5 Å². The van der Waals surface area contributed by atoms with Crippen molar-refractivity contribution in [3.63, 3.8) is 0 Å². The van der Waals surface area contributed by atoms with E-state index in [4.69, 9.17) is 0 Å². The zero-order valence-electron chi connectivity index (χ0n) is 10.1. The molecule has 0 N–H and O–H groups in total. The Morgan fingerprint density at radius 3 is 2.81 bits per heavy atom. The van der Waals surface area contributed by atoms with E-state index < -0.39 is 0 Å². The van der Waals surface area contributed by atoms with Gasteiger partial charge in [0.2, 0.25) is 0 Å². The highest BCUT2D eigenvalue weighted by molar-refractivity contribution is 6.07. The van der Waals surface area contributed by atoms with E-state index in [1.165, 1.54) is 37.0 Å². The number of nitrogens with zero attached hydrogens (tertiary/aromatic N) is 2. The normalized spacial score (nSPS) is 15.2. The van der Waals surface area contributed by atoms with Crippen molar-refractivity contribution in [3.8, 4) is 0 Å². The molecule has 0 aromatic heterocycles. The largest absolute Gasteiger partial charge is 0.154 e. The second kappa shape index (κ2) is 5.15. The van der Waals surface area contributed by atoms with Gasteiger partial charge in [0, 0.05) is 11.5 Å². The lowest BCUT2D eigenvalue weighted by Crippen LogP contribution is -2.10. The molecule has 0 amide bonds. The van der Waals surface area contributed by atoms with Crippen molar-refractivity contribution in [3.05, 3.63) is 29.8 Å².